The van der Waals surface area contributed by atoms with Crippen LogP contribution in [0.15, 0.2) is 21.5 Å². The molecular formula is C12H18BrFN2O2S. The summed E-state index contributed by atoms with van der Waals surface area (Å²) < 4.78 is 40.6. The van der Waals surface area contributed by atoms with Crippen LogP contribution < -0.4 is 10.5 Å². The highest BCUT2D eigenvalue weighted by Gasteiger charge is 2.27. The molecule has 1 aromatic rings. The zero-order valence-electron chi connectivity index (χ0n) is 11.1. The fraction of sp³-hybridized carbons (Fsp3) is 0.500. The van der Waals surface area contributed by atoms with Crippen molar-refractivity contribution in [2.24, 2.45) is 0 Å². The predicted octanol–water partition coefficient (Wildman–Crippen LogP) is 3.03. The number of rotatable bonds is 5. The average Bonchev–Trinajstić information content (AvgIpc) is 2.21. The molecule has 7 heteroatoms. The summed E-state index contributed by atoms with van der Waals surface area (Å²) in [6, 6.07) is 2.17. The van der Waals surface area contributed by atoms with Gasteiger partial charge in [0.1, 0.15) is 5.82 Å². The van der Waals surface area contributed by atoms with Gasteiger partial charge < -0.3 is 5.73 Å². The van der Waals surface area contributed by atoms with E-state index in [1.165, 1.54) is 0 Å². The molecule has 0 atom stereocenters. The first-order valence-electron chi connectivity index (χ1n) is 5.87. The number of hydrogen-bond donors (Lipinski definition) is 2. The minimum absolute atomic E-state index is 0.0596. The monoisotopic (exact) mass is 352 g/mol. The topological polar surface area (TPSA) is 72.2 Å². The molecule has 0 saturated carbocycles. The molecule has 0 spiro atoms. The minimum atomic E-state index is -3.75. The Balaban J connectivity index is 3.18. The molecule has 0 fully saturated rings. The van der Waals surface area contributed by atoms with Gasteiger partial charge in [0.2, 0.25) is 10.0 Å². The van der Waals surface area contributed by atoms with Gasteiger partial charge >= 0.3 is 0 Å². The Morgan fingerprint density at radius 2 is 2.00 bits per heavy atom. The van der Waals surface area contributed by atoms with Crippen LogP contribution in [0.1, 0.15) is 33.6 Å². The molecule has 0 aromatic heterocycles. The Labute approximate surface area is 121 Å². The van der Waals surface area contributed by atoms with Crippen molar-refractivity contribution < 1.29 is 12.8 Å². The van der Waals surface area contributed by atoms with Crippen LogP contribution >= 0.6 is 15.9 Å². The molecule has 0 amide bonds. The summed E-state index contributed by atoms with van der Waals surface area (Å²) in [5, 5.41) is 0. The predicted molar refractivity (Wildman–Crippen MR) is 77.8 cm³/mol. The Morgan fingerprint density at radius 1 is 1.42 bits per heavy atom. The van der Waals surface area contributed by atoms with Gasteiger partial charge in [0, 0.05) is 10.0 Å². The van der Waals surface area contributed by atoms with Crippen molar-refractivity contribution in [2.45, 2.75) is 44.0 Å². The van der Waals surface area contributed by atoms with E-state index >= 15 is 0 Å². The van der Waals surface area contributed by atoms with Gasteiger partial charge in [0.15, 0.2) is 0 Å². The van der Waals surface area contributed by atoms with Gasteiger partial charge in [-0.25, -0.2) is 17.5 Å². The van der Waals surface area contributed by atoms with Crippen molar-refractivity contribution in [1.82, 2.24) is 4.72 Å². The van der Waals surface area contributed by atoms with Gasteiger partial charge in [-0.3, -0.25) is 0 Å². The highest BCUT2D eigenvalue weighted by Crippen LogP contribution is 2.28. The SMILES string of the molecule is CCCC(C)(C)NS(=O)(=O)c1cc(N)c(F)cc1Br. The maximum Gasteiger partial charge on any atom is 0.242 e. The summed E-state index contributed by atoms with van der Waals surface area (Å²) in [7, 11) is -3.75. The molecule has 0 aliphatic heterocycles. The average molecular weight is 353 g/mol. The number of hydrogen-bond acceptors (Lipinski definition) is 3. The number of sulfonamides is 1. The van der Waals surface area contributed by atoms with Crippen LogP contribution in [0.3, 0.4) is 0 Å². The van der Waals surface area contributed by atoms with Crippen molar-refractivity contribution in [3.05, 3.63) is 22.4 Å². The standard InChI is InChI=1S/C12H18BrFN2O2S/c1-4-5-12(2,3)16-19(17,18)11-7-10(15)9(14)6-8(11)13/h6-7,16H,4-5,15H2,1-3H3. The van der Waals surface area contributed by atoms with Gasteiger partial charge in [-0.1, -0.05) is 13.3 Å². The Kier molecular flexibility index (Phi) is 4.97. The lowest BCUT2D eigenvalue weighted by molar-refractivity contribution is 0.417. The number of halogens is 2. The summed E-state index contributed by atoms with van der Waals surface area (Å²) in [5.74, 6) is -0.654. The number of anilines is 1. The molecule has 1 rings (SSSR count). The third-order valence-corrected chi connectivity index (χ3v) is 5.28. The molecule has 0 saturated heterocycles. The second-order valence-corrected chi connectivity index (χ2v) is 7.55. The summed E-state index contributed by atoms with van der Waals surface area (Å²) in [6.07, 6.45) is 1.54. The molecule has 0 aliphatic rings. The first-order chi connectivity index (χ1) is 8.59. The molecule has 0 unspecified atom stereocenters. The third kappa shape index (κ3) is 4.15. The summed E-state index contributed by atoms with van der Waals surface area (Å²) >= 11 is 3.05. The summed E-state index contributed by atoms with van der Waals surface area (Å²) in [4.78, 5) is -0.0596. The highest BCUT2D eigenvalue weighted by atomic mass is 79.9. The van der Waals surface area contributed by atoms with Crippen LogP contribution in [-0.4, -0.2) is 14.0 Å². The molecule has 0 bridgehead atoms. The summed E-state index contributed by atoms with van der Waals surface area (Å²) in [6.45, 7) is 5.57. The first kappa shape index (κ1) is 16.4. The van der Waals surface area contributed by atoms with Crippen molar-refractivity contribution in [3.63, 3.8) is 0 Å². The normalized spacial score (nSPS) is 12.7. The van der Waals surface area contributed by atoms with Crippen LogP contribution in [-0.2, 0) is 10.0 Å². The molecule has 0 radical (unpaired) electrons. The van der Waals surface area contributed by atoms with Gasteiger partial charge in [0.25, 0.3) is 0 Å². The maximum atomic E-state index is 13.2. The fourth-order valence-electron chi connectivity index (χ4n) is 1.85. The number of nitrogens with one attached hydrogen (secondary N) is 1. The van der Waals surface area contributed by atoms with E-state index in [9.17, 15) is 12.8 Å². The fourth-order valence-corrected chi connectivity index (χ4v) is 4.34. The van der Waals surface area contributed by atoms with E-state index in [4.69, 9.17) is 5.73 Å². The number of nitrogen functional groups attached to an aromatic ring is 1. The largest absolute Gasteiger partial charge is 0.396 e. The molecule has 0 aliphatic carbocycles. The lowest BCUT2D eigenvalue weighted by atomic mass is 10.0. The van der Waals surface area contributed by atoms with Gasteiger partial charge in [-0.15, -0.1) is 0 Å². The molecular weight excluding hydrogens is 335 g/mol. The summed E-state index contributed by atoms with van der Waals surface area (Å²) in [5.41, 5.74) is 4.65. The minimum Gasteiger partial charge on any atom is -0.396 e. The Hall–Kier alpha value is -0.660. The lowest BCUT2D eigenvalue weighted by Crippen LogP contribution is -2.43. The Morgan fingerprint density at radius 3 is 2.53 bits per heavy atom. The molecule has 4 nitrogen and oxygen atoms in total. The van der Waals surface area contributed by atoms with Crippen LogP contribution in [0.4, 0.5) is 10.1 Å². The Bertz CT molecular complexity index is 573. The highest BCUT2D eigenvalue weighted by molar-refractivity contribution is 9.10. The van der Waals surface area contributed by atoms with E-state index in [1.54, 1.807) is 13.8 Å². The van der Waals surface area contributed by atoms with Gasteiger partial charge in [0.05, 0.1) is 10.6 Å². The number of benzene rings is 1. The molecule has 108 valence electrons. The first-order valence-corrected chi connectivity index (χ1v) is 8.15. The maximum absolute atomic E-state index is 13.2. The zero-order valence-corrected chi connectivity index (χ0v) is 13.5. The van der Waals surface area contributed by atoms with E-state index < -0.39 is 21.4 Å². The van der Waals surface area contributed by atoms with E-state index in [-0.39, 0.29) is 15.1 Å². The van der Waals surface area contributed by atoms with Gasteiger partial charge in [-0.2, -0.15) is 0 Å². The molecule has 0 heterocycles. The lowest BCUT2D eigenvalue weighted by Gasteiger charge is -2.25. The van der Waals surface area contributed by atoms with E-state index in [0.717, 1.165) is 18.6 Å². The third-order valence-electron chi connectivity index (χ3n) is 2.63. The van der Waals surface area contributed by atoms with Crippen LogP contribution in [0.25, 0.3) is 0 Å². The van der Waals surface area contributed by atoms with E-state index in [2.05, 4.69) is 20.7 Å². The van der Waals surface area contributed by atoms with Crippen LogP contribution in [0.2, 0.25) is 0 Å². The smallest absolute Gasteiger partial charge is 0.242 e. The van der Waals surface area contributed by atoms with Crippen LogP contribution in [0.5, 0.6) is 0 Å². The van der Waals surface area contributed by atoms with E-state index in [0.29, 0.717) is 6.42 Å². The quantitative estimate of drug-likeness (QED) is 0.800. The van der Waals surface area contributed by atoms with Crippen molar-refractivity contribution in [3.8, 4) is 0 Å². The number of nitrogens with two attached hydrogens (primary N) is 1. The zero-order chi connectivity index (χ0) is 14.8. The van der Waals surface area contributed by atoms with Crippen molar-refractivity contribution in [1.29, 1.82) is 0 Å². The van der Waals surface area contributed by atoms with Crippen LogP contribution in [0, 0.1) is 5.82 Å². The van der Waals surface area contributed by atoms with Crippen molar-refractivity contribution in [2.75, 3.05) is 5.73 Å². The molecule has 1 aromatic carbocycles. The second-order valence-electron chi connectivity index (χ2n) is 5.04. The van der Waals surface area contributed by atoms with Crippen molar-refractivity contribution >= 4 is 31.6 Å². The molecule has 3 N–H and O–H groups in total. The van der Waals surface area contributed by atoms with Gasteiger partial charge in [-0.05, 0) is 48.3 Å². The second kappa shape index (κ2) is 5.76. The van der Waals surface area contributed by atoms with E-state index in [1.807, 2.05) is 6.92 Å². The molecule has 19 heavy (non-hydrogen) atoms.